The molecular weight excluding hydrogens is 304 g/mol. The highest BCUT2D eigenvalue weighted by atomic mass is 16.5. The molecule has 0 spiro atoms. The average Bonchev–Trinajstić information content (AvgIpc) is 2.59. The van der Waals surface area contributed by atoms with Crippen molar-refractivity contribution in [3.63, 3.8) is 0 Å². The highest BCUT2D eigenvalue weighted by molar-refractivity contribution is 6.04. The number of nitrogens with one attached hydrogen (secondary N) is 1. The van der Waals surface area contributed by atoms with Gasteiger partial charge in [-0.15, -0.1) is 0 Å². The van der Waals surface area contributed by atoms with Crippen LogP contribution in [0, 0.1) is 5.41 Å². The van der Waals surface area contributed by atoms with E-state index in [4.69, 9.17) is 4.74 Å². The lowest BCUT2D eigenvalue weighted by molar-refractivity contribution is -0.147. The van der Waals surface area contributed by atoms with Crippen molar-refractivity contribution in [2.75, 3.05) is 27.2 Å². The van der Waals surface area contributed by atoms with E-state index in [-0.39, 0.29) is 11.8 Å². The van der Waals surface area contributed by atoms with Crippen LogP contribution in [0.5, 0.6) is 5.75 Å². The summed E-state index contributed by atoms with van der Waals surface area (Å²) in [6, 6.07) is 7.72. The van der Waals surface area contributed by atoms with Crippen molar-refractivity contribution >= 4 is 11.8 Å². The molecule has 0 saturated heterocycles. The number of nitrogens with zero attached hydrogens (tertiary/aromatic N) is 1. The maximum absolute atomic E-state index is 12.5. The van der Waals surface area contributed by atoms with Gasteiger partial charge in [0.2, 0.25) is 11.8 Å². The Bertz CT molecular complexity index is 555. The summed E-state index contributed by atoms with van der Waals surface area (Å²) in [4.78, 5) is 26.6. The number of methoxy groups -OCH3 is 1. The molecule has 0 saturated carbocycles. The van der Waals surface area contributed by atoms with E-state index in [9.17, 15) is 9.59 Å². The maximum atomic E-state index is 12.5. The van der Waals surface area contributed by atoms with E-state index >= 15 is 0 Å². The lowest BCUT2D eigenvalue weighted by atomic mass is 9.90. The molecule has 1 N–H and O–H groups in total. The van der Waals surface area contributed by atoms with E-state index < -0.39 is 5.41 Å². The molecule has 0 aromatic heterocycles. The highest BCUT2D eigenvalue weighted by Gasteiger charge is 2.37. The second kappa shape index (κ2) is 9.30. The molecule has 1 aromatic rings. The van der Waals surface area contributed by atoms with Gasteiger partial charge in [0.15, 0.2) is 0 Å². The molecule has 0 aliphatic carbocycles. The molecule has 0 heterocycles. The normalized spacial score (nSPS) is 11.0. The fourth-order valence-corrected chi connectivity index (χ4v) is 2.51. The Morgan fingerprint density at radius 2 is 1.92 bits per heavy atom. The van der Waals surface area contributed by atoms with Gasteiger partial charge in [-0.05, 0) is 38.3 Å². The minimum Gasteiger partial charge on any atom is -0.496 e. The number of carbonyl (C=O) groups excluding carboxylic acids is 2. The van der Waals surface area contributed by atoms with Gasteiger partial charge >= 0.3 is 0 Å². The Balaban J connectivity index is 2.58. The summed E-state index contributed by atoms with van der Waals surface area (Å²) >= 11 is 0. The fraction of sp³-hybridized carbons (Fsp3) is 0.579. The zero-order valence-corrected chi connectivity index (χ0v) is 15.5. The summed E-state index contributed by atoms with van der Waals surface area (Å²) in [5, 5.41) is 2.87. The molecule has 1 aromatic carbocycles. The number of amides is 2. The first-order valence-electron chi connectivity index (χ1n) is 8.50. The summed E-state index contributed by atoms with van der Waals surface area (Å²) in [6.45, 7) is 6.57. The molecule has 0 bridgehead atoms. The first-order valence-corrected chi connectivity index (χ1v) is 8.50. The van der Waals surface area contributed by atoms with Gasteiger partial charge in [0, 0.05) is 20.1 Å². The van der Waals surface area contributed by atoms with Crippen LogP contribution >= 0.6 is 0 Å². The van der Waals surface area contributed by atoms with Crippen molar-refractivity contribution in [2.45, 2.75) is 40.0 Å². The van der Waals surface area contributed by atoms with Crippen LogP contribution < -0.4 is 10.1 Å². The molecule has 5 heteroatoms. The molecule has 1 rings (SSSR count). The van der Waals surface area contributed by atoms with E-state index in [0.29, 0.717) is 19.5 Å². The van der Waals surface area contributed by atoms with Crippen molar-refractivity contribution in [3.05, 3.63) is 29.8 Å². The summed E-state index contributed by atoms with van der Waals surface area (Å²) in [5.74, 6) is 0.415. The zero-order valence-electron chi connectivity index (χ0n) is 15.5. The third-order valence-electron chi connectivity index (χ3n) is 4.17. The number of unbranched alkanes of at least 4 members (excludes halogenated alkanes) is 1. The largest absolute Gasteiger partial charge is 0.496 e. The summed E-state index contributed by atoms with van der Waals surface area (Å²) in [7, 11) is 3.38. The summed E-state index contributed by atoms with van der Waals surface area (Å²) in [5.41, 5.74) is -0.0343. The molecule has 0 aliphatic heterocycles. The second-order valence-corrected chi connectivity index (χ2v) is 6.52. The number of hydrogen-bond acceptors (Lipinski definition) is 3. The number of benzene rings is 1. The number of hydrogen-bond donors (Lipinski definition) is 1. The standard InChI is InChI=1S/C19H30N2O3/c1-6-7-14-21(4)18(23)19(2,3)17(22)20-13-12-15-10-8-9-11-16(15)24-5/h8-11H,6-7,12-14H2,1-5H3,(H,20,22). The van der Waals surface area contributed by atoms with Crippen LogP contribution in [0.2, 0.25) is 0 Å². The van der Waals surface area contributed by atoms with Gasteiger partial charge in [0.1, 0.15) is 11.2 Å². The molecular formula is C19H30N2O3. The van der Waals surface area contributed by atoms with E-state index in [0.717, 1.165) is 24.2 Å². The second-order valence-electron chi connectivity index (χ2n) is 6.52. The van der Waals surface area contributed by atoms with Crippen LogP contribution in [0.25, 0.3) is 0 Å². The van der Waals surface area contributed by atoms with Crippen LogP contribution in [0.1, 0.15) is 39.2 Å². The predicted octanol–water partition coefficient (Wildman–Crippen LogP) is 2.64. The smallest absolute Gasteiger partial charge is 0.237 e. The summed E-state index contributed by atoms with van der Waals surface area (Å²) < 4.78 is 5.30. The molecule has 5 nitrogen and oxygen atoms in total. The minimum atomic E-state index is -1.07. The topological polar surface area (TPSA) is 58.6 Å². The third kappa shape index (κ3) is 5.25. The lowest BCUT2D eigenvalue weighted by Crippen LogP contribution is -2.49. The third-order valence-corrected chi connectivity index (χ3v) is 4.17. The van der Waals surface area contributed by atoms with Gasteiger partial charge in [0.05, 0.1) is 7.11 Å². The van der Waals surface area contributed by atoms with Gasteiger partial charge in [-0.25, -0.2) is 0 Å². The van der Waals surface area contributed by atoms with Crippen molar-refractivity contribution in [3.8, 4) is 5.75 Å². The number of rotatable bonds is 9. The Hall–Kier alpha value is -2.04. The van der Waals surface area contributed by atoms with E-state index in [1.165, 1.54) is 0 Å². The number of para-hydroxylation sites is 1. The molecule has 0 aliphatic rings. The van der Waals surface area contributed by atoms with E-state index in [2.05, 4.69) is 12.2 Å². The van der Waals surface area contributed by atoms with Gasteiger partial charge < -0.3 is 15.0 Å². The molecule has 0 fully saturated rings. The Morgan fingerprint density at radius 3 is 2.54 bits per heavy atom. The van der Waals surface area contributed by atoms with Crippen LogP contribution in [-0.2, 0) is 16.0 Å². The number of ether oxygens (including phenoxy) is 1. The highest BCUT2D eigenvalue weighted by Crippen LogP contribution is 2.20. The van der Waals surface area contributed by atoms with Crippen molar-refractivity contribution in [2.24, 2.45) is 5.41 Å². The molecule has 24 heavy (non-hydrogen) atoms. The van der Waals surface area contributed by atoms with Crippen LogP contribution in [0.15, 0.2) is 24.3 Å². The first-order chi connectivity index (χ1) is 11.3. The van der Waals surface area contributed by atoms with Gasteiger partial charge in [-0.2, -0.15) is 0 Å². The zero-order chi connectivity index (χ0) is 18.2. The predicted molar refractivity (Wildman–Crippen MR) is 96.0 cm³/mol. The summed E-state index contributed by atoms with van der Waals surface area (Å²) in [6.07, 6.45) is 2.61. The number of carbonyl (C=O) groups is 2. The Kier molecular flexibility index (Phi) is 7.75. The van der Waals surface area contributed by atoms with Crippen LogP contribution in [0.4, 0.5) is 0 Å². The van der Waals surface area contributed by atoms with Crippen LogP contribution in [-0.4, -0.2) is 44.0 Å². The Morgan fingerprint density at radius 1 is 1.25 bits per heavy atom. The van der Waals surface area contributed by atoms with Gasteiger partial charge in [-0.1, -0.05) is 31.5 Å². The monoisotopic (exact) mass is 334 g/mol. The van der Waals surface area contributed by atoms with Gasteiger partial charge in [0.25, 0.3) is 0 Å². The molecule has 2 amide bonds. The molecule has 0 radical (unpaired) electrons. The van der Waals surface area contributed by atoms with Crippen molar-refractivity contribution in [1.82, 2.24) is 10.2 Å². The van der Waals surface area contributed by atoms with Crippen molar-refractivity contribution < 1.29 is 14.3 Å². The average molecular weight is 334 g/mol. The van der Waals surface area contributed by atoms with Crippen LogP contribution in [0.3, 0.4) is 0 Å². The quantitative estimate of drug-likeness (QED) is 0.706. The maximum Gasteiger partial charge on any atom is 0.237 e. The molecule has 0 unspecified atom stereocenters. The van der Waals surface area contributed by atoms with E-state index in [1.54, 1.807) is 32.9 Å². The molecule has 0 atom stereocenters. The van der Waals surface area contributed by atoms with Crippen molar-refractivity contribution in [1.29, 1.82) is 0 Å². The first kappa shape index (κ1) is 20.0. The minimum absolute atomic E-state index is 0.147. The fourth-order valence-electron chi connectivity index (χ4n) is 2.51. The Labute approximate surface area is 145 Å². The lowest BCUT2D eigenvalue weighted by Gasteiger charge is -2.28. The van der Waals surface area contributed by atoms with E-state index in [1.807, 2.05) is 24.3 Å². The SMILES string of the molecule is CCCCN(C)C(=O)C(C)(C)C(=O)NCCc1ccccc1OC. The molecule has 134 valence electrons. The van der Waals surface area contributed by atoms with Gasteiger partial charge in [-0.3, -0.25) is 9.59 Å².